The second-order valence-corrected chi connectivity index (χ2v) is 3.31. The Kier molecular flexibility index (Phi) is 3.68. The van der Waals surface area contributed by atoms with Gasteiger partial charge in [0.25, 0.3) is 0 Å². The van der Waals surface area contributed by atoms with Crippen LogP contribution in [0, 0.1) is 0 Å². The van der Waals surface area contributed by atoms with Crippen molar-refractivity contribution >= 4 is 12.0 Å². The number of hydrogen-bond donors (Lipinski definition) is 3. The van der Waals surface area contributed by atoms with E-state index in [0.717, 1.165) is 0 Å². The van der Waals surface area contributed by atoms with Gasteiger partial charge in [0.2, 0.25) is 0 Å². The summed E-state index contributed by atoms with van der Waals surface area (Å²) in [5.74, 6) is -1.08. The Morgan fingerprint density at radius 3 is 2.80 bits per heavy atom. The number of amides is 2. The summed E-state index contributed by atoms with van der Waals surface area (Å²) in [5.41, 5.74) is -1.29. The zero-order chi connectivity index (χ0) is 11.3. The van der Waals surface area contributed by atoms with Crippen molar-refractivity contribution in [3.05, 3.63) is 12.7 Å². The van der Waals surface area contributed by atoms with E-state index in [-0.39, 0.29) is 13.0 Å². The number of rotatable bonds is 4. The number of carbonyl (C=O) groups is 2. The maximum atomic E-state index is 11.3. The van der Waals surface area contributed by atoms with Crippen LogP contribution in [0.4, 0.5) is 4.79 Å². The van der Waals surface area contributed by atoms with Gasteiger partial charge in [-0.1, -0.05) is 6.08 Å². The number of nitrogens with one attached hydrogen (secondary N) is 2. The first kappa shape index (κ1) is 11.5. The molecule has 1 aliphatic rings. The summed E-state index contributed by atoms with van der Waals surface area (Å²) in [7, 11) is 0. The summed E-state index contributed by atoms with van der Waals surface area (Å²) in [6.07, 6.45) is 1.79. The van der Waals surface area contributed by atoms with E-state index >= 15 is 0 Å². The molecule has 1 rings (SSSR count). The molecule has 3 N–H and O–H groups in total. The van der Waals surface area contributed by atoms with Gasteiger partial charge in [-0.05, 0) is 0 Å². The van der Waals surface area contributed by atoms with Crippen LogP contribution in [0.2, 0.25) is 0 Å². The van der Waals surface area contributed by atoms with Crippen LogP contribution in [0.25, 0.3) is 0 Å². The van der Waals surface area contributed by atoms with Gasteiger partial charge in [-0.25, -0.2) is 9.59 Å². The third-order valence-corrected chi connectivity index (χ3v) is 2.19. The maximum Gasteiger partial charge on any atom is 0.332 e. The third-order valence-electron chi connectivity index (χ3n) is 2.19. The van der Waals surface area contributed by atoms with Gasteiger partial charge in [-0.15, -0.1) is 6.58 Å². The van der Waals surface area contributed by atoms with E-state index in [1.54, 1.807) is 0 Å². The summed E-state index contributed by atoms with van der Waals surface area (Å²) in [6.45, 7) is 4.07. The minimum absolute atomic E-state index is 0.00381. The standard InChI is InChI=1S/C9H14N2O4/c1-2-4-10-8(14)11-9(7(12)13)3-5-15-6-9/h2H,1,3-6H2,(H,12,13)(H2,10,11,14). The predicted molar refractivity (Wildman–Crippen MR) is 52.5 cm³/mol. The molecule has 0 saturated carbocycles. The summed E-state index contributed by atoms with van der Waals surface area (Å²) in [5, 5.41) is 13.9. The molecule has 1 saturated heterocycles. The first-order chi connectivity index (χ1) is 7.10. The monoisotopic (exact) mass is 214 g/mol. The van der Waals surface area contributed by atoms with Gasteiger partial charge in [-0.3, -0.25) is 0 Å². The molecule has 1 fully saturated rings. The highest BCUT2D eigenvalue weighted by atomic mass is 16.5. The second kappa shape index (κ2) is 4.79. The fourth-order valence-electron chi connectivity index (χ4n) is 1.31. The molecule has 6 heteroatoms. The first-order valence-electron chi connectivity index (χ1n) is 4.59. The van der Waals surface area contributed by atoms with Crippen molar-refractivity contribution in [3.63, 3.8) is 0 Å². The van der Waals surface area contributed by atoms with Gasteiger partial charge in [0.1, 0.15) is 0 Å². The van der Waals surface area contributed by atoms with Gasteiger partial charge in [0.05, 0.1) is 6.61 Å². The third kappa shape index (κ3) is 2.69. The topological polar surface area (TPSA) is 87.7 Å². The quantitative estimate of drug-likeness (QED) is 0.561. The molecule has 1 heterocycles. The van der Waals surface area contributed by atoms with Crippen molar-refractivity contribution in [2.24, 2.45) is 0 Å². The number of hydrogen-bond acceptors (Lipinski definition) is 3. The molecule has 0 aliphatic carbocycles. The second-order valence-electron chi connectivity index (χ2n) is 3.31. The Labute approximate surface area is 87.3 Å². The van der Waals surface area contributed by atoms with Crippen LogP contribution >= 0.6 is 0 Å². The van der Waals surface area contributed by atoms with Crippen molar-refractivity contribution < 1.29 is 19.4 Å². The smallest absolute Gasteiger partial charge is 0.332 e. The fourth-order valence-corrected chi connectivity index (χ4v) is 1.31. The van der Waals surface area contributed by atoms with Crippen molar-refractivity contribution in [2.75, 3.05) is 19.8 Å². The number of carboxylic acid groups (broad SMARTS) is 1. The van der Waals surface area contributed by atoms with Gasteiger partial charge in [-0.2, -0.15) is 0 Å². The van der Waals surface area contributed by atoms with E-state index in [9.17, 15) is 9.59 Å². The Bertz CT molecular complexity index is 271. The van der Waals surface area contributed by atoms with Crippen LogP contribution in [0.3, 0.4) is 0 Å². The van der Waals surface area contributed by atoms with Crippen LogP contribution < -0.4 is 10.6 Å². The lowest BCUT2D eigenvalue weighted by molar-refractivity contribution is -0.144. The van der Waals surface area contributed by atoms with Crippen LogP contribution in [-0.4, -0.2) is 42.4 Å². The fraction of sp³-hybridized carbons (Fsp3) is 0.556. The van der Waals surface area contributed by atoms with Crippen LogP contribution in [0.5, 0.6) is 0 Å². The molecule has 2 amide bonds. The summed E-state index contributed by atoms with van der Waals surface area (Å²) < 4.78 is 4.98. The van der Waals surface area contributed by atoms with E-state index in [1.807, 2.05) is 0 Å². The van der Waals surface area contributed by atoms with Gasteiger partial charge < -0.3 is 20.5 Å². The lowest BCUT2D eigenvalue weighted by atomic mass is 9.99. The normalized spacial score (nSPS) is 24.5. The van der Waals surface area contributed by atoms with Gasteiger partial charge >= 0.3 is 12.0 Å². The summed E-state index contributed by atoms with van der Waals surface area (Å²) in [4.78, 5) is 22.3. The molecule has 1 atom stereocenters. The van der Waals surface area contributed by atoms with Crippen LogP contribution in [0.1, 0.15) is 6.42 Å². The molecule has 6 nitrogen and oxygen atoms in total. The average molecular weight is 214 g/mol. The van der Waals surface area contributed by atoms with Crippen molar-refractivity contribution in [1.29, 1.82) is 0 Å². The molecule has 0 radical (unpaired) electrons. The minimum atomic E-state index is -1.29. The zero-order valence-corrected chi connectivity index (χ0v) is 8.28. The molecular formula is C9H14N2O4. The van der Waals surface area contributed by atoms with E-state index < -0.39 is 17.5 Å². The number of aliphatic carboxylic acids is 1. The number of ether oxygens (including phenoxy) is 1. The number of carboxylic acids is 1. The molecule has 0 aromatic carbocycles. The maximum absolute atomic E-state index is 11.3. The molecule has 1 unspecified atom stereocenters. The van der Waals surface area contributed by atoms with E-state index in [1.165, 1.54) is 6.08 Å². The molecule has 15 heavy (non-hydrogen) atoms. The zero-order valence-electron chi connectivity index (χ0n) is 8.28. The minimum Gasteiger partial charge on any atom is -0.479 e. The van der Waals surface area contributed by atoms with Crippen LogP contribution in [0.15, 0.2) is 12.7 Å². The Morgan fingerprint density at radius 2 is 2.33 bits per heavy atom. The van der Waals surface area contributed by atoms with Crippen molar-refractivity contribution in [3.8, 4) is 0 Å². The summed E-state index contributed by atoms with van der Waals surface area (Å²) in [6, 6.07) is -0.525. The highest BCUT2D eigenvalue weighted by Gasteiger charge is 2.43. The number of urea groups is 1. The van der Waals surface area contributed by atoms with Crippen LogP contribution in [-0.2, 0) is 9.53 Å². The largest absolute Gasteiger partial charge is 0.479 e. The Balaban J connectivity index is 2.55. The molecule has 0 spiro atoms. The Morgan fingerprint density at radius 1 is 1.60 bits per heavy atom. The van der Waals surface area contributed by atoms with Crippen molar-refractivity contribution in [2.45, 2.75) is 12.0 Å². The van der Waals surface area contributed by atoms with E-state index in [2.05, 4.69) is 17.2 Å². The highest BCUT2D eigenvalue weighted by Crippen LogP contribution is 2.18. The van der Waals surface area contributed by atoms with Gasteiger partial charge in [0, 0.05) is 19.6 Å². The molecular weight excluding hydrogens is 200 g/mol. The predicted octanol–water partition coefficient (Wildman–Crippen LogP) is -0.285. The van der Waals surface area contributed by atoms with E-state index in [0.29, 0.717) is 13.2 Å². The Hall–Kier alpha value is -1.56. The molecule has 0 aromatic heterocycles. The first-order valence-corrected chi connectivity index (χ1v) is 4.59. The highest BCUT2D eigenvalue weighted by molar-refractivity contribution is 5.86. The van der Waals surface area contributed by atoms with Gasteiger partial charge in [0.15, 0.2) is 5.54 Å². The number of carbonyl (C=O) groups excluding carboxylic acids is 1. The lowest BCUT2D eigenvalue weighted by Crippen LogP contribution is -2.57. The van der Waals surface area contributed by atoms with Crippen molar-refractivity contribution in [1.82, 2.24) is 10.6 Å². The molecule has 0 aromatic rings. The molecule has 1 aliphatic heterocycles. The molecule has 0 bridgehead atoms. The molecule has 84 valence electrons. The lowest BCUT2D eigenvalue weighted by Gasteiger charge is -2.23. The van der Waals surface area contributed by atoms with E-state index in [4.69, 9.17) is 9.84 Å². The summed E-state index contributed by atoms with van der Waals surface area (Å²) >= 11 is 0. The SMILES string of the molecule is C=CCNC(=O)NC1(C(=O)O)CCOC1. The average Bonchev–Trinajstić information content (AvgIpc) is 2.64.